The lowest BCUT2D eigenvalue weighted by Gasteiger charge is -2.36. The van der Waals surface area contributed by atoms with E-state index in [1.165, 1.54) is 58.2 Å². The number of nitrogens with zero attached hydrogens (tertiary/aromatic N) is 3. The van der Waals surface area contributed by atoms with E-state index in [1.54, 1.807) is 0 Å². The zero-order valence-electron chi connectivity index (χ0n) is 18.9. The van der Waals surface area contributed by atoms with Gasteiger partial charge in [-0.3, -0.25) is 4.90 Å². The van der Waals surface area contributed by atoms with Gasteiger partial charge >= 0.3 is 0 Å². The predicted molar refractivity (Wildman–Crippen MR) is 131 cm³/mol. The summed E-state index contributed by atoms with van der Waals surface area (Å²) < 4.78 is 0. The molecule has 1 fully saturated rings. The smallest absolute Gasteiger partial charge is 0.137 e. The third-order valence-electron chi connectivity index (χ3n) is 6.69. The number of piperazine rings is 1. The Labute approximate surface area is 184 Å². The van der Waals surface area contributed by atoms with E-state index < -0.39 is 0 Å². The fourth-order valence-electron chi connectivity index (χ4n) is 5.00. The summed E-state index contributed by atoms with van der Waals surface area (Å²) in [6, 6.07) is 11.2. The van der Waals surface area contributed by atoms with Crippen LogP contribution in [0.5, 0.6) is 0 Å². The second-order valence-corrected chi connectivity index (χ2v) is 9.08. The molecule has 1 aliphatic rings. The highest BCUT2D eigenvalue weighted by Gasteiger charge is 2.21. The van der Waals surface area contributed by atoms with Crippen LogP contribution in [-0.2, 0) is 0 Å². The molecule has 0 aliphatic carbocycles. The number of H-pyrrole nitrogens is 2. The van der Waals surface area contributed by atoms with Crippen LogP contribution >= 0.6 is 0 Å². The number of anilines is 1. The van der Waals surface area contributed by atoms with Crippen LogP contribution in [0, 0.1) is 0 Å². The number of unbranched alkanes of at least 4 members (excludes halogenated alkanes) is 1. The highest BCUT2D eigenvalue weighted by Crippen LogP contribution is 2.39. The quantitative estimate of drug-likeness (QED) is 0.421. The van der Waals surface area contributed by atoms with Crippen LogP contribution in [0.3, 0.4) is 0 Å². The van der Waals surface area contributed by atoms with Gasteiger partial charge in [0, 0.05) is 66.1 Å². The fourth-order valence-corrected chi connectivity index (χ4v) is 5.00. The van der Waals surface area contributed by atoms with Gasteiger partial charge in [-0.05, 0) is 54.8 Å². The van der Waals surface area contributed by atoms with Crippen LogP contribution in [0.15, 0.2) is 42.7 Å². The van der Waals surface area contributed by atoms with E-state index in [2.05, 4.69) is 75.9 Å². The van der Waals surface area contributed by atoms with Crippen LogP contribution in [0.2, 0.25) is 0 Å². The zero-order chi connectivity index (χ0) is 21.4. The molecular formula is C26H33N5. The van der Waals surface area contributed by atoms with Crippen LogP contribution in [0.4, 0.5) is 5.69 Å². The molecule has 1 aliphatic heterocycles. The Hall–Kier alpha value is -2.79. The second-order valence-electron chi connectivity index (χ2n) is 9.08. The number of aromatic nitrogens is 3. The monoisotopic (exact) mass is 415 g/mol. The molecule has 3 aromatic heterocycles. The molecule has 0 spiro atoms. The van der Waals surface area contributed by atoms with E-state index in [-0.39, 0.29) is 0 Å². The summed E-state index contributed by atoms with van der Waals surface area (Å²) in [4.78, 5) is 16.6. The number of benzene rings is 1. The van der Waals surface area contributed by atoms with Crippen molar-refractivity contribution in [1.82, 2.24) is 19.9 Å². The van der Waals surface area contributed by atoms with E-state index in [0.717, 1.165) is 31.8 Å². The Morgan fingerprint density at radius 2 is 1.87 bits per heavy atom. The first-order chi connectivity index (χ1) is 15.2. The third kappa shape index (κ3) is 3.72. The average Bonchev–Trinajstić information content (AvgIpc) is 3.42. The average molecular weight is 416 g/mol. The predicted octanol–water partition coefficient (Wildman–Crippen LogP) is 5.76. The normalized spacial score (nSPS) is 15.5. The highest BCUT2D eigenvalue weighted by molar-refractivity contribution is 5.99. The van der Waals surface area contributed by atoms with Gasteiger partial charge in [-0.2, -0.15) is 0 Å². The molecule has 1 aromatic carbocycles. The highest BCUT2D eigenvalue weighted by atomic mass is 15.3. The maximum absolute atomic E-state index is 4.48. The number of fused-ring (bicyclic) bond motifs is 2. The molecule has 0 radical (unpaired) electrons. The molecule has 4 aromatic rings. The molecule has 2 N–H and O–H groups in total. The third-order valence-corrected chi connectivity index (χ3v) is 6.69. The van der Waals surface area contributed by atoms with Gasteiger partial charge in [0.2, 0.25) is 0 Å². The van der Waals surface area contributed by atoms with Crippen molar-refractivity contribution in [3.05, 3.63) is 48.3 Å². The Bertz CT molecular complexity index is 1180. The molecule has 0 atom stereocenters. The molecule has 162 valence electrons. The van der Waals surface area contributed by atoms with Crippen molar-refractivity contribution in [1.29, 1.82) is 0 Å². The summed E-state index contributed by atoms with van der Waals surface area (Å²) in [5.74, 6) is 0.423. The first-order valence-corrected chi connectivity index (χ1v) is 11.7. The van der Waals surface area contributed by atoms with E-state index in [4.69, 9.17) is 0 Å². The SMILES string of the molecule is CCCCN1CCN(c2ccc3[nH]c(-c4ccnc5[nH]ccc45)c(C(C)C)c3c2)CC1. The lowest BCUT2D eigenvalue weighted by atomic mass is 9.95. The van der Waals surface area contributed by atoms with Crippen LogP contribution < -0.4 is 4.90 Å². The first-order valence-electron chi connectivity index (χ1n) is 11.7. The van der Waals surface area contributed by atoms with E-state index >= 15 is 0 Å². The Balaban J connectivity index is 1.51. The molecule has 5 nitrogen and oxygen atoms in total. The Kier molecular flexibility index (Phi) is 5.45. The van der Waals surface area contributed by atoms with Gasteiger partial charge < -0.3 is 14.9 Å². The van der Waals surface area contributed by atoms with E-state index in [0.29, 0.717) is 5.92 Å². The van der Waals surface area contributed by atoms with Gasteiger partial charge in [0.1, 0.15) is 5.65 Å². The summed E-state index contributed by atoms with van der Waals surface area (Å²) in [5, 5.41) is 2.51. The number of aromatic amines is 2. The molecule has 5 rings (SSSR count). The van der Waals surface area contributed by atoms with Gasteiger partial charge in [0.15, 0.2) is 0 Å². The van der Waals surface area contributed by atoms with Crippen LogP contribution in [-0.4, -0.2) is 52.6 Å². The fraction of sp³-hybridized carbons (Fsp3) is 0.423. The van der Waals surface area contributed by atoms with Crippen molar-refractivity contribution in [2.45, 2.75) is 39.5 Å². The van der Waals surface area contributed by atoms with Crippen molar-refractivity contribution in [2.75, 3.05) is 37.6 Å². The molecule has 5 heteroatoms. The van der Waals surface area contributed by atoms with Crippen molar-refractivity contribution in [2.24, 2.45) is 0 Å². The van der Waals surface area contributed by atoms with Crippen molar-refractivity contribution in [3.8, 4) is 11.3 Å². The minimum Gasteiger partial charge on any atom is -0.369 e. The van der Waals surface area contributed by atoms with Gasteiger partial charge in [-0.15, -0.1) is 0 Å². The van der Waals surface area contributed by atoms with E-state index in [1.807, 2.05) is 12.4 Å². The molecule has 0 bridgehead atoms. The largest absolute Gasteiger partial charge is 0.369 e. The van der Waals surface area contributed by atoms with E-state index in [9.17, 15) is 0 Å². The first kappa shape index (κ1) is 20.1. The van der Waals surface area contributed by atoms with Crippen LogP contribution in [0.25, 0.3) is 33.2 Å². The molecule has 1 saturated heterocycles. The molecule has 4 heterocycles. The summed E-state index contributed by atoms with van der Waals surface area (Å²) >= 11 is 0. The van der Waals surface area contributed by atoms with Gasteiger partial charge in [0.25, 0.3) is 0 Å². The number of pyridine rings is 1. The minimum atomic E-state index is 0.423. The standard InChI is InChI=1S/C26H33N5/c1-4-5-12-30-13-15-31(16-14-30)19-6-7-23-22(17-19)24(18(2)3)25(29-23)20-8-10-27-26-21(20)9-11-28-26/h6-11,17-18,29H,4-5,12-16H2,1-3H3,(H,27,28). The molecule has 31 heavy (non-hydrogen) atoms. The molecular weight excluding hydrogens is 382 g/mol. The maximum Gasteiger partial charge on any atom is 0.137 e. The zero-order valence-corrected chi connectivity index (χ0v) is 18.9. The summed E-state index contributed by atoms with van der Waals surface area (Å²) in [6.07, 6.45) is 6.45. The number of rotatable bonds is 6. The Morgan fingerprint density at radius 1 is 1.03 bits per heavy atom. The van der Waals surface area contributed by atoms with Crippen molar-refractivity contribution < 1.29 is 0 Å². The number of nitrogens with one attached hydrogen (secondary N) is 2. The van der Waals surface area contributed by atoms with Gasteiger partial charge in [-0.1, -0.05) is 27.2 Å². The minimum absolute atomic E-state index is 0.423. The molecule has 0 unspecified atom stereocenters. The lowest BCUT2D eigenvalue weighted by Crippen LogP contribution is -2.46. The van der Waals surface area contributed by atoms with Crippen molar-refractivity contribution in [3.63, 3.8) is 0 Å². The molecule has 0 amide bonds. The lowest BCUT2D eigenvalue weighted by molar-refractivity contribution is 0.254. The molecule has 0 saturated carbocycles. The number of hydrogen-bond donors (Lipinski definition) is 2. The Morgan fingerprint density at radius 3 is 2.65 bits per heavy atom. The van der Waals surface area contributed by atoms with Crippen molar-refractivity contribution >= 4 is 27.6 Å². The van der Waals surface area contributed by atoms with Gasteiger partial charge in [0.05, 0.1) is 5.69 Å². The number of hydrogen-bond acceptors (Lipinski definition) is 3. The summed E-state index contributed by atoms with van der Waals surface area (Å²) in [5.41, 5.74) is 7.33. The second kappa shape index (κ2) is 8.39. The summed E-state index contributed by atoms with van der Waals surface area (Å²) in [7, 11) is 0. The topological polar surface area (TPSA) is 50.9 Å². The summed E-state index contributed by atoms with van der Waals surface area (Å²) in [6.45, 7) is 12.6. The van der Waals surface area contributed by atoms with Crippen LogP contribution in [0.1, 0.15) is 45.1 Å². The van der Waals surface area contributed by atoms with Gasteiger partial charge in [-0.25, -0.2) is 4.98 Å². The maximum atomic E-state index is 4.48.